The monoisotopic (exact) mass is 401 g/mol. The molecule has 1 amide bonds. The van der Waals surface area contributed by atoms with Crippen LogP contribution in [-0.4, -0.2) is 29.6 Å². The van der Waals surface area contributed by atoms with Gasteiger partial charge in [0, 0.05) is 16.6 Å². The van der Waals surface area contributed by atoms with E-state index in [1.165, 1.54) is 6.33 Å². The number of aromatic nitrogens is 2. The molecule has 128 valence electrons. The van der Waals surface area contributed by atoms with E-state index >= 15 is 0 Å². The molecule has 6 nitrogen and oxygen atoms in total. The van der Waals surface area contributed by atoms with Crippen LogP contribution in [0, 0.1) is 0 Å². The summed E-state index contributed by atoms with van der Waals surface area (Å²) >= 11 is 3.41. The van der Waals surface area contributed by atoms with Gasteiger partial charge < -0.3 is 14.8 Å². The molecule has 0 atom stereocenters. The molecule has 3 aromatic rings. The predicted octanol–water partition coefficient (Wildman–Crippen LogP) is 3.10. The molecule has 0 saturated carbocycles. The first kappa shape index (κ1) is 17.2. The SMILES string of the molecule is COc1ccccc1CNC(=O)COc1ncnc2ccc(Br)cc12. The van der Waals surface area contributed by atoms with E-state index in [9.17, 15) is 4.79 Å². The summed E-state index contributed by atoms with van der Waals surface area (Å²) < 4.78 is 11.7. The van der Waals surface area contributed by atoms with Crippen molar-refractivity contribution in [1.82, 2.24) is 15.3 Å². The Labute approximate surface area is 153 Å². The molecule has 7 heteroatoms. The maximum absolute atomic E-state index is 12.1. The summed E-state index contributed by atoms with van der Waals surface area (Å²) in [7, 11) is 1.60. The van der Waals surface area contributed by atoms with Crippen molar-refractivity contribution in [3.05, 3.63) is 58.8 Å². The number of ether oxygens (including phenoxy) is 2. The number of hydrogen-bond donors (Lipinski definition) is 1. The Kier molecular flexibility index (Phi) is 5.45. The zero-order valence-corrected chi connectivity index (χ0v) is 15.1. The molecule has 0 saturated heterocycles. The van der Waals surface area contributed by atoms with E-state index in [0.717, 1.165) is 26.7 Å². The first-order valence-corrected chi connectivity index (χ1v) is 8.38. The van der Waals surface area contributed by atoms with E-state index in [4.69, 9.17) is 9.47 Å². The summed E-state index contributed by atoms with van der Waals surface area (Å²) in [6, 6.07) is 13.1. The normalized spacial score (nSPS) is 10.5. The summed E-state index contributed by atoms with van der Waals surface area (Å²) in [6.07, 6.45) is 1.41. The van der Waals surface area contributed by atoms with Crippen LogP contribution < -0.4 is 14.8 Å². The number of nitrogens with zero attached hydrogens (tertiary/aromatic N) is 2. The molecule has 0 spiro atoms. The molecule has 1 heterocycles. The number of hydrogen-bond acceptors (Lipinski definition) is 5. The van der Waals surface area contributed by atoms with Crippen molar-refractivity contribution in [3.8, 4) is 11.6 Å². The number of fused-ring (bicyclic) bond motifs is 1. The van der Waals surface area contributed by atoms with Gasteiger partial charge in [-0.3, -0.25) is 4.79 Å². The van der Waals surface area contributed by atoms with Crippen molar-refractivity contribution in [1.29, 1.82) is 0 Å². The molecular weight excluding hydrogens is 386 g/mol. The van der Waals surface area contributed by atoms with Gasteiger partial charge in [-0.05, 0) is 24.3 Å². The van der Waals surface area contributed by atoms with Gasteiger partial charge in [0.05, 0.1) is 18.0 Å². The molecule has 1 N–H and O–H groups in total. The number of para-hydroxylation sites is 1. The van der Waals surface area contributed by atoms with Gasteiger partial charge in [-0.2, -0.15) is 0 Å². The quantitative estimate of drug-likeness (QED) is 0.686. The third-order valence-corrected chi connectivity index (χ3v) is 4.06. The number of nitrogens with one attached hydrogen (secondary N) is 1. The van der Waals surface area contributed by atoms with Crippen LogP contribution in [-0.2, 0) is 11.3 Å². The molecule has 0 aliphatic rings. The van der Waals surface area contributed by atoms with E-state index < -0.39 is 0 Å². The summed E-state index contributed by atoms with van der Waals surface area (Å²) in [4.78, 5) is 20.4. The van der Waals surface area contributed by atoms with Gasteiger partial charge in [-0.25, -0.2) is 9.97 Å². The van der Waals surface area contributed by atoms with Gasteiger partial charge in [0.15, 0.2) is 6.61 Å². The highest BCUT2D eigenvalue weighted by Gasteiger charge is 2.09. The summed E-state index contributed by atoms with van der Waals surface area (Å²) in [5.74, 6) is 0.863. The fraction of sp³-hybridized carbons (Fsp3) is 0.167. The maximum atomic E-state index is 12.1. The van der Waals surface area contributed by atoms with Crippen molar-refractivity contribution in [3.63, 3.8) is 0 Å². The first-order chi connectivity index (χ1) is 12.2. The average Bonchev–Trinajstić information content (AvgIpc) is 2.64. The number of carbonyl (C=O) groups is 1. The number of benzene rings is 2. The molecule has 0 unspecified atom stereocenters. The molecular formula is C18H16BrN3O3. The standard InChI is InChI=1S/C18H16BrN3O3/c1-24-16-5-3-2-4-12(16)9-20-17(23)10-25-18-14-8-13(19)6-7-15(14)21-11-22-18/h2-8,11H,9-10H2,1H3,(H,20,23). The second kappa shape index (κ2) is 7.94. The molecule has 1 aromatic heterocycles. The minimum Gasteiger partial charge on any atom is -0.496 e. The fourth-order valence-corrected chi connectivity index (χ4v) is 2.71. The lowest BCUT2D eigenvalue weighted by Gasteiger charge is -2.10. The van der Waals surface area contributed by atoms with Crippen molar-refractivity contribution in [2.24, 2.45) is 0 Å². The molecule has 0 aliphatic heterocycles. The predicted molar refractivity (Wildman–Crippen MR) is 97.6 cm³/mol. The van der Waals surface area contributed by atoms with Crippen LogP contribution >= 0.6 is 15.9 Å². The molecule has 0 radical (unpaired) electrons. The van der Waals surface area contributed by atoms with Crippen LogP contribution in [0.2, 0.25) is 0 Å². The van der Waals surface area contributed by atoms with Gasteiger partial charge in [-0.1, -0.05) is 34.1 Å². The highest BCUT2D eigenvalue weighted by Crippen LogP contribution is 2.24. The fourth-order valence-electron chi connectivity index (χ4n) is 2.35. The third-order valence-electron chi connectivity index (χ3n) is 3.57. The summed E-state index contributed by atoms with van der Waals surface area (Å²) in [5, 5.41) is 3.55. The lowest BCUT2D eigenvalue weighted by atomic mass is 10.2. The minimum atomic E-state index is -0.243. The van der Waals surface area contributed by atoms with Gasteiger partial charge in [0.2, 0.25) is 5.88 Å². The third kappa shape index (κ3) is 4.24. The lowest BCUT2D eigenvalue weighted by molar-refractivity contribution is -0.123. The second-order valence-electron chi connectivity index (χ2n) is 5.22. The van der Waals surface area contributed by atoms with Crippen LogP contribution in [0.15, 0.2) is 53.3 Å². The van der Waals surface area contributed by atoms with Crippen molar-refractivity contribution < 1.29 is 14.3 Å². The number of halogens is 1. The van der Waals surface area contributed by atoms with Crippen molar-refractivity contribution >= 4 is 32.7 Å². The Hall–Kier alpha value is -2.67. The Morgan fingerprint density at radius 1 is 1.20 bits per heavy atom. The number of carbonyl (C=O) groups excluding carboxylic acids is 1. The van der Waals surface area contributed by atoms with Crippen LogP contribution in [0.25, 0.3) is 10.9 Å². The minimum absolute atomic E-state index is 0.131. The lowest BCUT2D eigenvalue weighted by Crippen LogP contribution is -2.28. The number of methoxy groups -OCH3 is 1. The van der Waals surface area contributed by atoms with E-state index in [1.807, 2.05) is 42.5 Å². The van der Waals surface area contributed by atoms with Crippen molar-refractivity contribution in [2.45, 2.75) is 6.54 Å². The highest BCUT2D eigenvalue weighted by molar-refractivity contribution is 9.10. The maximum Gasteiger partial charge on any atom is 0.258 e. The van der Waals surface area contributed by atoms with E-state index in [2.05, 4.69) is 31.2 Å². The first-order valence-electron chi connectivity index (χ1n) is 7.59. The summed E-state index contributed by atoms with van der Waals surface area (Å²) in [6.45, 7) is 0.232. The Bertz CT molecular complexity index is 902. The Balaban J connectivity index is 1.62. The largest absolute Gasteiger partial charge is 0.496 e. The van der Waals surface area contributed by atoms with Crippen LogP contribution in [0.5, 0.6) is 11.6 Å². The van der Waals surface area contributed by atoms with Gasteiger partial charge in [-0.15, -0.1) is 0 Å². The Morgan fingerprint density at radius 3 is 2.88 bits per heavy atom. The number of rotatable bonds is 6. The average molecular weight is 402 g/mol. The molecule has 0 fully saturated rings. The highest BCUT2D eigenvalue weighted by atomic mass is 79.9. The smallest absolute Gasteiger partial charge is 0.258 e. The zero-order valence-electron chi connectivity index (χ0n) is 13.5. The van der Waals surface area contributed by atoms with Crippen molar-refractivity contribution in [2.75, 3.05) is 13.7 Å². The van der Waals surface area contributed by atoms with E-state index in [1.54, 1.807) is 7.11 Å². The molecule has 25 heavy (non-hydrogen) atoms. The van der Waals surface area contributed by atoms with Gasteiger partial charge in [0.1, 0.15) is 12.1 Å². The topological polar surface area (TPSA) is 73.3 Å². The van der Waals surface area contributed by atoms with Crippen LogP contribution in [0.3, 0.4) is 0 Å². The van der Waals surface area contributed by atoms with Gasteiger partial charge in [0.25, 0.3) is 5.91 Å². The molecule has 3 rings (SSSR count). The van der Waals surface area contributed by atoms with E-state index in [0.29, 0.717) is 12.4 Å². The zero-order chi connectivity index (χ0) is 17.6. The van der Waals surface area contributed by atoms with Gasteiger partial charge >= 0.3 is 0 Å². The molecule has 0 aliphatic carbocycles. The molecule has 2 aromatic carbocycles. The number of amides is 1. The Morgan fingerprint density at radius 2 is 2.04 bits per heavy atom. The van der Waals surface area contributed by atoms with E-state index in [-0.39, 0.29) is 12.5 Å². The van der Waals surface area contributed by atoms with Crippen LogP contribution in [0.1, 0.15) is 5.56 Å². The molecule has 0 bridgehead atoms. The summed E-state index contributed by atoms with van der Waals surface area (Å²) in [5.41, 5.74) is 1.65. The van der Waals surface area contributed by atoms with Crippen LogP contribution in [0.4, 0.5) is 0 Å². The second-order valence-corrected chi connectivity index (χ2v) is 6.13.